The summed E-state index contributed by atoms with van der Waals surface area (Å²) in [5.41, 5.74) is 15.1. The van der Waals surface area contributed by atoms with Gasteiger partial charge in [-0.3, -0.25) is 5.41 Å². The zero-order chi connectivity index (χ0) is 18.4. The summed E-state index contributed by atoms with van der Waals surface area (Å²) < 4.78 is 14.3. The number of para-hydroxylation sites is 1. The third kappa shape index (κ3) is 4.38. The second kappa shape index (κ2) is 8.34. The van der Waals surface area contributed by atoms with E-state index in [1.54, 1.807) is 24.3 Å². The number of aromatic nitrogens is 1. The number of rotatable bonds is 7. The maximum atomic E-state index is 13.7. The van der Waals surface area contributed by atoms with Gasteiger partial charge < -0.3 is 16.0 Å². The molecular formula is C16H17BrFN7. The number of halogens is 2. The van der Waals surface area contributed by atoms with Crippen LogP contribution in [-0.2, 0) is 0 Å². The summed E-state index contributed by atoms with van der Waals surface area (Å²) in [5.74, 6) is -0.510. The van der Waals surface area contributed by atoms with Crippen molar-refractivity contribution in [3.05, 3.63) is 63.9 Å². The monoisotopic (exact) mass is 405 g/mol. The quantitative estimate of drug-likeness (QED) is 0.267. The molecule has 1 atom stereocenters. The van der Waals surface area contributed by atoms with Crippen LogP contribution in [0.5, 0.6) is 0 Å². The number of hydrogen-bond acceptors (Lipinski definition) is 4. The molecule has 0 saturated carbocycles. The van der Waals surface area contributed by atoms with Crippen LogP contribution >= 0.6 is 15.9 Å². The van der Waals surface area contributed by atoms with Crippen molar-refractivity contribution in [3.8, 4) is 0 Å². The molecule has 1 heterocycles. The van der Waals surface area contributed by atoms with Crippen molar-refractivity contribution in [2.24, 2.45) is 15.8 Å². The van der Waals surface area contributed by atoms with E-state index in [4.69, 9.17) is 16.7 Å². The number of amidine groups is 1. The van der Waals surface area contributed by atoms with Gasteiger partial charge in [0.25, 0.3) is 0 Å². The highest BCUT2D eigenvalue weighted by atomic mass is 79.9. The molecule has 1 aromatic carbocycles. The number of anilines is 1. The number of aromatic amines is 1. The van der Waals surface area contributed by atoms with Gasteiger partial charge in [0.2, 0.25) is 0 Å². The average molecular weight is 406 g/mol. The highest BCUT2D eigenvalue weighted by molar-refractivity contribution is 9.10. The van der Waals surface area contributed by atoms with E-state index in [1.807, 2.05) is 6.92 Å². The van der Waals surface area contributed by atoms with E-state index in [1.165, 1.54) is 12.3 Å². The molecule has 0 bridgehead atoms. The number of benzene rings is 1. The first kappa shape index (κ1) is 18.5. The van der Waals surface area contributed by atoms with Gasteiger partial charge in [-0.2, -0.15) is 5.11 Å². The number of hydrogen-bond donors (Lipinski definition) is 5. The number of H-pyrrole nitrogens is 1. The van der Waals surface area contributed by atoms with Crippen molar-refractivity contribution < 1.29 is 4.39 Å². The Morgan fingerprint density at radius 3 is 2.80 bits per heavy atom. The Morgan fingerprint density at radius 1 is 1.44 bits per heavy atom. The molecule has 2 rings (SSSR count). The van der Waals surface area contributed by atoms with Crippen LogP contribution in [0.1, 0.15) is 24.2 Å². The van der Waals surface area contributed by atoms with Crippen LogP contribution in [0.4, 0.5) is 10.1 Å². The molecule has 1 aromatic heterocycles. The third-order valence-corrected chi connectivity index (χ3v) is 4.16. The molecule has 0 aliphatic carbocycles. The van der Waals surface area contributed by atoms with Crippen molar-refractivity contribution >= 4 is 33.8 Å². The van der Waals surface area contributed by atoms with Gasteiger partial charge in [-0.05, 0) is 34.1 Å². The van der Waals surface area contributed by atoms with E-state index >= 15 is 0 Å². The van der Waals surface area contributed by atoms with Crippen molar-refractivity contribution in [1.82, 2.24) is 4.98 Å². The molecule has 130 valence electrons. The predicted octanol–water partition coefficient (Wildman–Crippen LogP) is 4.32. The zero-order valence-electron chi connectivity index (χ0n) is 13.3. The van der Waals surface area contributed by atoms with Crippen LogP contribution in [0, 0.1) is 16.8 Å². The second-order valence-corrected chi connectivity index (χ2v) is 5.97. The Labute approximate surface area is 152 Å². The first-order valence-electron chi connectivity index (χ1n) is 7.27. The predicted molar refractivity (Wildman–Crippen MR) is 99.7 cm³/mol. The third-order valence-electron chi connectivity index (χ3n) is 3.54. The maximum absolute atomic E-state index is 13.7. The van der Waals surface area contributed by atoms with E-state index in [0.717, 1.165) is 12.0 Å². The van der Waals surface area contributed by atoms with Gasteiger partial charge in [-0.1, -0.05) is 19.1 Å². The standard InChI is InChI=1S/C16H17BrFN7/c1-9(13-6-10(17)15(24-13)16(20)23-8-19)14(25-21)7-22-12-5-3-2-4-11(12)18/h2-9,21-22,24H,1H3,(H3,19,20,23)/b14-7-,25-21?. The molecule has 6 N–H and O–H groups in total. The molecule has 9 heteroatoms. The first-order valence-corrected chi connectivity index (χ1v) is 8.06. The molecule has 0 fully saturated rings. The van der Waals surface area contributed by atoms with Gasteiger partial charge in [0, 0.05) is 22.3 Å². The summed E-state index contributed by atoms with van der Waals surface area (Å²) in [7, 11) is 0. The lowest BCUT2D eigenvalue weighted by atomic mass is 10.1. The highest BCUT2D eigenvalue weighted by Crippen LogP contribution is 2.28. The molecular weight excluding hydrogens is 389 g/mol. The van der Waals surface area contributed by atoms with Crippen molar-refractivity contribution in [1.29, 1.82) is 10.9 Å². The van der Waals surface area contributed by atoms with Gasteiger partial charge >= 0.3 is 0 Å². The van der Waals surface area contributed by atoms with E-state index < -0.39 is 5.82 Å². The number of allylic oxidation sites excluding steroid dienone is 1. The SMILES string of the molecule is CC(/C(=C/Nc1ccccc1F)N=N)c1cc(Br)c(/C(N)=N\C=N)[nH]1. The van der Waals surface area contributed by atoms with E-state index in [2.05, 4.69) is 36.3 Å². The molecule has 0 amide bonds. The second-order valence-electron chi connectivity index (χ2n) is 5.12. The fourth-order valence-electron chi connectivity index (χ4n) is 2.15. The van der Waals surface area contributed by atoms with Gasteiger partial charge in [-0.25, -0.2) is 14.9 Å². The molecule has 0 aliphatic rings. The number of nitrogens with one attached hydrogen (secondary N) is 4. The van der Waals surface area contributed by atoms with Crippen LogP contribution < -0.4 is 11.1 Å². The topological polar surface area (TPSA) is 126 Å². The Bertz CT molecular complexity index is 841. The van der Waals surface area contributed by atoms with Gasteiger partial charge in [0.1, 0.15) is 18.0 Å². The fourth-order valence-corrected chi connectivity index (χ4v) is 2.69. The lowest BCUT2D eigenvalue weighted by molar-refractivity contribution is 0.631. The minimum atomic E-state index is -0.392. The summed E-state index contributed by atoms with van der Waals surface area (Å²) in [6, 6.07) is 8.04. The van der Waals surface area contributed by atoms with Gasteiger partial charge in [0.15, 0.2) is 0 Å². The normalized spacial score (nSPS) is 13.4. The molecule has 2 aromatic rings. The highest BCUT2D eigenvalue weighted by Gasteiger charge is 2.17. The van der Waals surface area contributed by atoms with Crippen LogP contribution in [-0.4, -0.2) is 17.2 Å². The molecule has 0 saturated heterocycles. The van der Waals surface area contributed by atoms with E-state index in [-0.39, 0.29) is 11.8 Å². The molecule has 25 heavy (non-hydrogen) atoms. The Hall–Kier alpha value is -2.81. The lowest BCUT2D eigenvalue weighted by Crippen LogP contribution is -2.14. The Morgan fingerprint density at radius 2 is 2.16 bits per heavy atom. The summed E-state index contributed by atoms with van der Waals surface area (Å²) >= 11 is 3.38. The summed E-state index contributed by atoms with van der Waals surface area (Å²) in [5, 5.41) is 13.3. The molecule has 0 spiro atoms. The van der Waals surface area contributed by atoms with Crippen molar-refractivity contribution in [2.75, 3.05) is 5.32 Å². The molecule has 0 aliphatic heterocycles. The van der Waals surface area contributed by atoms with E-state index in [0.29, 0.717) is 21.6 Å². The van der Waals surface area contributed by atoms with Crippen molar-refractivity contribution in [2.45, 2.75) is 12.8 Å². The first-order chi connectivity index (χ1) is 12.0. The van der Waals surface area contributed by atoms with E-state index in [9.17, 15) is 4.39 Å². The molecule has 1 unspecified atom stereocenters. The number of nitrogens with two attached hydrogens (primary N) is 1. The zero-order valence-corrected chi connectivity index (χ0v) is 14.9. The average Bonchev–Trinajstić information content (AvgIpc) is 2.99. The fraction of sp³-hybridized carbons (Fsp3) is 0.125. The number of aliphatic imine (C=N–C) groups is 1. The maximum Gasteiger partial charge on any atom is 0.150 e. The van der Waals surface area contributed by atoms with Crippen LogP contribution in [0.2, 0.25) is 0 Å². The Balaban J connectivity index is 2.26. The van der Waals surface area contributed by atoms with Gasteiger partial charge in [-0.15, -0.1) is 0 Å². The minimum Gasteiger partial charge on any atom is -0.382 e. The minimum absolute atomic E-state index is 0.165. The van der Waals surface area contributed by atoms with Crippen LogP contribution in [0.15, 0.2) is 56.8 Å². The van der Waals surface area contributed by atoms with Gasteiger partial charge in [0.05, 0.1) is 17.1 Å². The largest absolute Gasteiger partial charge is 0.382 e. The number of nitrogens with zero attached hydrogens (tertiary/aromatic N) is 2. The molecule has 7 nitrogen and oxygen atoms in total. The summed E-state index contributed by atoms with van der Waals surface area (Å²) in [6.45, 7) is 1.85. The lowest BCUT2D eigenvalue weighted by Gasteiger charge is -2.10. The van der Waals surface area contributed by atoms with Crippen LogP contribution in [0.25, 0.3) is 0 Å². The Kier molecular flexibility index (Phi) is 6.18. The van der Waals surface area contributed by atoms with Crippen molar-refractivity contribution in [3.63, 3.8) is 0 Å². The summed E-state index contributed by atoms with van der Waals surface area (Å²) in [6.07, 6.45) is 2.34. The summed E-state index contributed by atoms with van der Waals surface area (Å²) in [4.78, 5) is 6.82. The smallest absolute Gasteiger partial charge is 0.150 e. The van der Waals surface area contributed by atoms with Crippen LogP contribution in [0.3, 0.4) is 0 Å². The molecule has 0 radical (unpaired) electrons.